The van der Waals surface area contributed by atoms with Crippen molar-refractivity contribution in [2.24, 2.45) is 5.41 Å². The van der Waals surface area contributed by atoms with E-state index in [9.17, 15) is 4.79 Å². The molecule has 1 aromatic rings. The Morgan fingerprint density at radius 1 is 1.44 bits per heavy atom. The maximum absolute atomic E-state index is 10.7. The molecule has 0 saturated heterocycles. The molecule has 0 heterocycles. The largest absolute Gasteiger partial charge is 0.481 e. The van der Waals surface area contributed by atoms with Crippen molar-refractivity contribution in [2.45, 2.75) is 33.6 Å². The molecule has 1 aromatic carbocycles. The van der Waals surface area contributed by atoms with E-state index >= 15 is 0 Å². The minimum atomic E-state index is -0.738. The molecule has 0 bridgehead atoms. The predicted molar refractivity (Wildman–Crippen MR) is 68.6 cm³/mol. The maximum Gasteiger partial charge on any atom is 0.303 e. The fraction of sp³-hybridized carbons (Fsp3) is 0.462. The van der Waals surface area contributed by atoms with Crippen LogP contribution in [0.4, 0.5) is 0 Å². The molecule has 0 unspecified atom stereocenters. The summed E-state index contributed by atoms with van der Waals surface area (Å²) in [6, 6.07) is 6.12. The Kier molecular flexibility index (Phi) is 4.14. The molecule has 0 atom stereocenters. The standard InChI is InChI=1S/C13H17BrO2/c1-9-4-5-11(14)6-10(9)7-13(2,3)8-12(15)16/h4-6H,7-8H2,1-3H3,(H,15,16). The molecule has 1 N–H and O–H groups in total. The first-order valence-electron chi connectivity index (χ1n) is 5.27. The van der Waals surface area contributed by atoms with Crippen molar-refractivity contribution in [3.8, 4) is 0 Å². The van der Waals surface area contributed by atoms with Crippen LogP contribution in [0.2, 0.25) is 0 Å². The second-order valence-electron chi connectivity index (χ2n) is 4.98. The first-order valence-corrected chi connectivity index (χ1v) is 6.06. The van der Waals surface area contributed by atoms with Crippen LogP contribution in [0.1, 0.15) is 31.4 Å². The third-order valence-corrected chi connectivity index (χ3v) is 3.10. The van der Waals surface area contributed by atoms with Crippen LogP contribution in [0.25, 0.3) is 0 Å². The summed E-state index contributed by atoms with van der Waals surface area (Å²) in [4.78, 5) is 10.7. The van der Waals surface area contributed by atoms with Crippen molar-refractivity contribution >= 4 is 21.9 Å². The van der Waals surface area contributed by atoms with E-state index in [-0.39, 0.29) is 11.8 Å². The van der Waals surface area contributed by atoms with Crippen molar-refractivity contribution in [2.75, 3.05) is 0 Å². The molecule has 16 heavy (non-hydrogen) atoms. The van der Waals surface area contributed by atoms with E-state index in [1.807, 2.05) is 19.9 Å². The van der Waals surface area contributed by atoms with Gasteiger partial charge in [-0.05, 0) is 42.0 Å². The lowest BCUT2D eigenvalue weighted by atomic mass is 9.81. The van der Waals surface area contributed by atoms with Gasteiger partial charge in [0.15, 0.2) is 0 Å². The third kappa shape index (κ3) is 3.97. The lowest BCUT2D eigenvalue weighted by molar-refractivity contribution is -0.139. The Bertz CT molecular complexity index is 397. The molecular formula is C13H17BrO2. The van der Waals surface area contributed by atoms with Gasteiger partial charge in [-0.15, -0.1) is 0 Å². The molecule has 0 aliphatic heterocycles. The zero-order chi connectivity index (χ0) is 12.3. The summed E-state index contributed by atoms with van der Waals surface area (Å²) in [6.45, 7) is 6.03. The van der Waals surface area contributed by atoms with Crippen molar-refractivity contribution in [1.29, 1.82) is 0 Å². The summed E-state index contributed by atoms with van der Waals surface area (Å²) in [6.07, 6.45) is 0.976. The highest BCUT2D eigenvalue weighted by atomic mass is 79.9. The Morgan fingerprint density at radius 2 is 2.06 bits per heavy atom. The van der Waals surface area contributed by atoms with Crippen LogP contribution < -0.4 is 0 Å². The van der Waals surface area contributed by atoms with Crippen LogP contribution in [-0.2, 0) is 11.2 Å². The molecule has 0 amide bonds. The Balaban J connectivity index is 2.86. The van der Waals surface area contributed by atoms with Gasteiger partial charge in [0.05, 0.1) is 6.42 Å². The lowest BCUT2D eigenvalue weighted by Gasteiger charge is -2.23. The van der Waals surface area contributed by atoms with Crippen LogP contribution >= 0.6 is 15.9 Å². The van der Waals surface area contributed by atoms with Crippen LogP contribution in [0.15, 0.2) is 22.7 Å². The molecule has 0 aromatic heterocycles. The maximum atomic E-state index is 10.7. The first kappa shape index (κ1) is 13.2. The lowest BCUT2D eigenvalue weighted by Crippen LogP contribution is -2.20. The summed E-state index contributed by atoms with van der Waals surface area (Å²) in [5.41, 5.74) is 2.21. The number of carboxylic acid groups (broad SMARTS) is 1. The van der Waals surface area contributed by atoms with Gasteiger partial charge in [0.25, 0.3) is 0 Å². The van der Waals surface area contributed by atoms with Gasteiger partial charge in [0.1, 0.15) is 0 Å². The van der Waals surface area contributed by atoms with E-state index < -0.39 is 5.97 Å². The summed E-state index contributed by atoms with van der Waals surface area (Å²) < 4.78 is 1.04. The average molecular weight is 285 g/mol. The van der Waals surface area contributed by atoms with E-state index in [0.717, 1.165) is 10.9 Å². The number of hydrogen-bond acceptors (Lipinski definition) is 1. The third-order valence-electron chi connectivity index (χ3n) is 2.61. The van der Waals surface area contributed by atoms with Gasteiger partial charge in [-0.1, -0.05) is 35.8 Å². The molecule has 0 spiro atoms. The zero-order valence-electron chi connectivity index (χ0n) is 9.88. The fourth-order valence-electron chi connectivity index (χ4n) is 1.82. The molecule has 88 valence electrons. The second kappa shape index (κ2) is 5.00. The first-order chi connectivity index (χ1) is 7.30. The van der Waals surface area contributed by atoms with E-state index in [4.69, 9.17) is 5.11 Å². The van der Waals surface area contributed by atoms with Gasteiger partial charge in [-0.3, -0.25) is 4.79 Å². The van der Waals surface area contributed by atoms with Crippen LogP contribution in [0.3, 0.4) is 0 Å². The number of halogens is 1. The number of carbonyl (C=O) groups is 1. The topological polar surface area (TPSA) is 37.3 Å². The zero-order valence-corrected chi connectivity index (χ0v) is 11.5. The number of carboxylic acids is 1. The molecule has 3 heteroatoms. The number of aryl methyl sites for hydroxylation is 1. The predicted octanol–water partition coefficient (Wildman–Crippen LogP) is 3.80. The number of benzene rings is 1. The molecule has 1 rings (SSSR count). The number of hydrogen-bond donors (Lipinski definition) is 1. The van der Waals surface area contributed by atoms with Gasteiger partial charge >= 0.3 is 5.97 Å². The Hall–Kier alpha value is -0.830. The fourth-order valence-corrected chi connectivity index (χ4v) is 2.23. The number of aliphatic carboxylic acids is 1. The molecule has 0 aliphatic carbocycles. The van der Waals surface area contributed by atoms with Gasteiger partial charge in [0.2, 0.25) is 0 Å². The van der Waals surface area contributed by atoms with Gasteiger partial charge < -0.3 is 5.11 Å². The van der Waals surface area contributed by atoms with Crippen molar-refractivity contribution in [3.05, 3.63) is 33.8 Å². The quantitative estimate of drug-likeness (QED) is 0.913. The van der Waals surface area contributed by atoms with Crippen molar-refractivity contribution in [3.63, 3.8) is 0 Å². The molecule has 0 radical (unpaired) electrons. The summed E-state index contributed by atoms with van der Waals surface area (Å²) in [5.74, 6) is -0.738. The Labute approximate surface area is 105 Å². The average Bonchev–Trinajstić information content (AvgIpc) is 2.08. The summed E-state index contributed by atoms with van der Waals surface area (Å²) >= 11 is 3.44. The number of rotatable bonds is 4. The monoisotopic (exact) mass is 284 g/mol. The van der Waals surface area contributed by atoms with Crippen LogP contribution in [-0.4, -0.2) is 11.1 Å². The van der Waals surface area contributed by atoms with E-state index in [0.29, 0.717) is 0 Å². The normalized spacial score (nSPS) is 11.5. The Morgan fingerprint density at radius 3 is 2.62 bits per heavy atom. The molecule has 0 saturated carbocycles. The molecular weight excluding hydrogens is 268 g/mol. The van der Waals surface area contributed by atoms with E-state index in [1.165, 1.54) is 11.1 Å². The van der Waals surface area contributed by atoms with Gasteiger partial charge in [-0.25, -0.2) is 0 Å². The van der Waals surface area contributed by atoms with Gasteiger partial charge in [-0.2, -0.15) is 0 Å². The highest BCUT2D eigenvalue weighted by Crippen LogP contribution is 2.28. The molecule has 0 aliphatic rings. The summed E-state index contributed by atoms with van der Waals surface area (Å²) in [5, 5.41) is 8.84. The van der Waals surface area contributed by atoms with Crippen molar-refractivity contribution < 1.29 is 9.90 Å². The van der Waals surface area contributed by atoms with Gasteiger partial charge in [0, 0.05) is 4.47 Å². The minimum Gasteiger partial charge on any atom is -0.481 e. The SMILES string of the molecule is Cc1ccc(Br)cc1CC(C)(C)CC(=O)O. The van der Waals surface area contributed by atoms with Crippen molar-refractivity contribution in [1.82, 2.24) is 0 Å². The minimum absolute atomic E-state index is 0.193. The second-order valence-corrected chi connectivity index (χ2v) is 5.90. The van der Waals surface area contributed by atoms with E-state index in [1.54, 1.807) is 0 Å². The van der Waals surface area contributed by atoms with E-state index in [2.05, 4.69) is 35.0 Å². The highest BCUT2D eigenvalue weighted by Gasteiger charge is 2.22. The van der Waals surface area contributed by atoms with Crippen LogP contribution in [0, 0.1) is 12.3 Å². The smallest absolute Gasteiger partial charge is 0.303 e. The molecule has 0 fully saturated rings. The summed E-state index contributed by atoms with van der Waals surface area (Å²) in [7, 11) is 0. The van der Waals surface area contributed by atoms with Crippen LogP contribution in [0.5, 0.6) is 0 Å². The molecule has 2 nitrogen and oxygen atoms in total. The highest BCUT2D eigenvalue weighted by molar-refractivity contribution is 9.10.